The quantitative estimate of drug-likeness (QED) is 0.728. The molecule has 1 aliphatic rings. The van der Waals surface area contributed by atoms with E-state index in [4.69, 9.17) is 0 Å². The van der Waals surface area contributed by atoms with Gasteiger partial charge in [0, 0.05) is 25.0 Å². The zero-order valence-electron chi connectivity index (χ0n) is 16.4. The number of nitrogens with one attached hydrogen (secondary N) is 1. The van der Waals surface area contributed by atoms with Crippen LogP contribution in [-0.2, 0) is 14.8 Å². The van der Waals surface area contributed by atoms with E-state index < -0.39 is 15.8 Å². The number of sulfonamides is 1. The molecular weight excluding hydrogens is 367 g/mol. The zero-order valence-corrected chi connectivity index (χ0v) is 17.3. The lowest BCUT2D eigenvalue weighted by atomic mass is 9.96. The minimum absolute atomic E-state index is 0.0193. The average Bonchev–Trinajstić information content (AvgIpc) is 2.61. The van der Waals surface area contributed by atoms with Gasteiger partial charge in [0.25, 0.3) is 0 Å². The summed E-state index contributed by atoms with van der Waals surface area (Å²) in [6.45, 7) is 7.01. The molecular formula is C20H31FN2O3S. The molecule has 1 fully saturated rings. The topological polar surface area (TPSA) is 66.5 Å². The molecule has 1 heterocycles. The van der Waals surface area contributed by atoms with E-state index in [2.05, 4.69) is 19.2 Å². The van der Waals surface area contributed by atoms with Crippen LogP contribution in [0.25, 0.3) is 0 Å². The smallest absolute Gasteiger partial charge is 0.243 e. The number of rotatable bonds is 8. The molecule has 0 radical (unpaired) electrons. The van der Waals surface area contributed by atoms with Crippen molar-refractivity contribution >= 4 is 15.9 Å². The Balaban J connectivity index is 1.83. The highest BCUT2D eigenvalue weighted by Crippen LogP contribution is 2.24. The normalized spacial score (nSPS) is 17.8. The number of carbonyl (C=O) groups is 1. The number of benzene rings is 1. The van der Waals surface area contributed by atoms with Crippen molar-refractivity contribution in [2.45, 2.75) is 63.8 Å². The third kappa shape index (κ3) is 6.28. The highest BCUT2D eigenvalue weighted by atomic mass is 32.2. The molecule has 1 atom stereocenters. The third-order valence-electron chi connectivity index (χ3n) is 5.08. The Morgan fingerprint density at radius 2 is 1.74 bits per heavy atom. The summed E-state index contributed by atoms with van der Waals surface area (Å²) >= 11 is 0. The van der Waals surface area contributed by atoms with Gasteiger partial charge in [-0.15, -0.1) is 0 Å². The summed E-state index contributed by atoms with van der Waals surface area (Å²) in [5.41, 5.74) is 0. The van der Waals surface area contributed by atoms with Crippen LogP contribution in [-0.4, -0.2) is 37.8 Å². The van der Waals surface area contributed by atoms with Crippen LogP contribution < -0.4 is 5.32 Å². The molecule has 152 valence electrons. The van der Waals surface area contributed by atoms with Crippen LogP contribution in [0.2, 0.25) is 0 Å². The van der Waals surface area contributed by atoms with E-state index in [1.165, 1.54) is 16.4 Å². The van der Waals surface area contributed by atoms with Crippen LogP contribution >= 0.6 is 0 Å². The van der Waals surface area contributed by atoms with Gasteiger partial charge in [0.1, 0.15) is 5.82 Å². The number of halogens is 1. The first-order valence-electron chi connectivity index (χ1n) is 9.76. The molecule has 0 bridgehead atoms. The first-order chi connectivity index (χ1) is 12.7. The number of nitrogens with zero attached hydrogens (tertiary/aromatic N) is 1. The molecule has 1 aromatic carbocycles. The number of piperidine rings is 1. The van der Waals surface area contributed by atoms with Crippen LogP contribution in [0, 0.1) is 17.7 Å². The van der Waals surface area contributed by atoms with E-state index in [9.17, 15) is 17.6 Å². The fraction of sp³-hybridized carbons (Fsp3) is 0.650. The third-order valence-corrected chi connectivity index (χ3v) is 7.00. The fourth-order valence-electron chi connectivity index (χ4n) is 3.38. The molecule has 27 heavy (non-hydrogen) atoms. The molecule has 0 saturated carbocycles. The molecule has 7 heteroatoms. The molecule has 1 unspecified atom stereocenters. The lowest BCUT2D eigenvalue weighted by Crippen LogP contribution is -2.44. The van der Waals surface area contributed by atoms with E-state index in [1.54, 1.807) is 0 Å². The molecule has 0 spiro atoms. The molecule has 1 saturated heterocycles. The van der Waals surface area contributed by atoms with Gasteiger partial charge in [0.15, 0.2) is 0 Å². The Morgan fingerprint density at radius 3 is 2.30 bits per heavy atom. The summed E-state index contributed by atoms with van der Waals surface area (Å²) in [5, 5.41) is 3.07. The van der Waals surface area contributed by atoms with Gasteiger partial charge in [-0.25, -0.2) is 12.8 Å². The number of hydrogen-bond donors (Lipinski definition) is 1. The standard InChI is InChI=1S/C20H31FN2O3S/c1-15(2)5-4-6-16(3)22-20(24)17-11-13-23(14-12-17)27(25,26)19-9-7-18(21)8-10-19/h7-10,15-17H,4-6,11-14H2,1-3H3,(H,22,24). The highest BCUT2D eigenvalue weighted by molar-refractivity contribution is 7.89. The van der Waals surface area contributed by atoms with Crippen molar-refractivity contribution in [2.24, 2.45) is 11.8 Å². The molecule has 1 aromatic rings. The fourth-order valence-corrected chi connectivity index (χ4v) is 4.85. The van der Waals surface area contributed by atoms with Crippen molar-refractivity contribution in [1.82, 2.24) is 9.62 Å². The van der Waals surface area contributed by atoms with E-state index in [-0.39, 0.29) is 22.8 Å². The lowest BCUT2D eigenvalue weighted by molar-refractivity contribution is -0.126. The first kappa shape index (κ1) is 21.8. The Morgan fingerprint density at radius 1 is 1.15 bits per heavy atom. The van der Waals surface area contributed by atoms with Gasteiger partial charge in [0.2, 0.25) is 15.9 Å². The number of amides is 1. The molecule has 0 aromatic heterocycles. The SMILES string of the molecule is CC(C)CCCC(C)NC(=O)C1CCN(S(=O)(=O)c2ccc(F)cc2)CC1. The minimum atomic E-state index is -3.64. The summed E-state index contributed by atoms with van der Waals surface area (Å²) in [7, 11) is -3.64. The highest BCUT2D eigenvalue weighted by Gasteiger charge is 2.32. The molecule has 1 N–H and O–H groups in total. The maximum atomic E-state index is 13.0. The largest absolute Gasteiger partial charge is 0.353 e. The van der Waals surface area contributed by atoms with E-state index in [1.807, 2.05) is 6.92 Å². The van der Waals surface area contributed by atoms with Crippen molar-refractivity contribution in [1.29, 1.82) is 0 Å². The number of hydrogen-bond acceptors (Lipinski definition) is 3. The van der Waals surface area contributed by atoms with Crippen LogP contribution in [0.15, 0.2) is 29.2 Å². The van der Waals surface area contributed by atoms with E-state index in [0.29, 0.717) is 31.8 Å². The summed E-state index contributed by atoms with van der Waals surface area (Å²) in [4.78, 5) is 12.5. The van der Waals surface area contributed by atoms with Crippen LogP contribution in [0.3, 0.4) is 0 Å². The maximum Gasteiger partial charge on any atom is 0.243 e. The summed E-state index contributed by atoms with van der Waals surface area (Å²) in [6, 6.07) is 4.99. The summed E-state index contributed by atoms with van der Waals surface area (Å²) in [6.07, 6.45) is 4.21. The zero-order chi connectivity index (χ0) is 20.0. The second kappa shape index (κ2) is 9.64. The van der Waals surface area contributed by atoms with Crippen molar-refractivity contribution < 1.29 is 17.6 Å². The summed E-state index contributed by atoms with van der Waals surface area (Å²) < 4.78 is 39.7. The van der Waals surface area contributed by atoms with Gasteiger partial charge in [-0.3, -0.25) is 4.79 Å². The van der Waals surface area contributed by atoms with Crippen molar-refractivity contribution in [3.8, 4) is 0 Å². The van der Waals surface area contributed by atoms with Gasteiger partial charge in [-0.2, -0.15) is 4.31 Å². The first-order valence-corrected chi connectivity index (χ1v) is 11.2. The molecule has 5 nitrogen and oxygen atoms in total. The second-order valence-corrected chi connectivity index (χ2v) is 9.80. The number of carbonyl (C=O) groups excluding carboxylic acids is 1. The maximum absolute atomic E-state index is 13.0. The van der Waals surface area contributed by atoms with Crippen molar-refractivity contribution in [2.75, 3.05) is 13.1 Å². The Hall–Kier alpha value is -1.47. The monoisotopic (exact) mass is 398 g/mol. The predicted molar refractivity (Wildman–Crippen MR) is 104 cm³/mol. The summed E-state index contributed by atoms with van der Waals surface area (Å²) in [5.74, 6) is 0.0650. The molecule has 0 aliphatic carbocycles. The molecule has 2 rings (SSSR count). The predicted octanol–water partition coefficient (Wildman–Crippen LogP) is 3.56. The lowest BCUT2D eigenvalue weighted by Gasteiger charge is -2.31. The second-order valence-electron chi connectivity index (χ2n) is 7.87. The van der Waals surface area contributed by atoms with Crippen LogP contribution in [0.1, 0.15) is 52.9 Å². The average molecular weight is 399 g/mol. The Kier molecular flexibility index (Phi) is 7.79. The Bertz CT molecular complexity index is 711. The minimum Gasteiger partial charge on any atom is -0.353 e. The van der Waals surface area contributed by atoms with Crippen molar-refractivity contribution in [3.05, 3.63) is 30.1 Å². The Labute approximate surface area is 162 Å². The molecule has 1 amide bonds. The van der Waals surface area contributed by atoms with Gasteiger partial charge >= 0.3 is 0 Å². The van der Waals surface area contributed by atoms with E-state index in [0.717, 1.165) is 31.4 Å². The van der Waals surface area contributed by atoms with Gasteiger partial charge in [-0.1, -0.05) is 26.7 Å². The van der Waals surface area contributed by atoms with Crippen LogP contribution in [0.5, 0.6) is 0 Å². The molecule has 1 aliphatic heterocycles. The van der Waals surface area contributed by atoms with Crippen LogP contribution in [0.4, 0.5) is 4.39 Å². The van der Waals surface area contributed by atoms with Gasteiger partial charge in [0.05, 0.1) is 4.90 Å². The van der Waals surface area contributed by atoms with Gasteiger partial charge < -0.3 is 5.32 Å². The van der Waals surface area contributed by atoms with Gasteiger partial charge in [-0.05, 0) is 56.4 Å². The van der Waals surface area contributed by atoms with E-state index >= 15 is 0 Å². The van der Waals surface area contributed by atoms with Crippen molar-refractivity contribution in [3.63, 3.8) is 0 Å².